The van der Waals surface area contributed by atoms with Gasteiger partial charge in [0.05, 0.1) is 5.92 Å². The average molecular weight is 221 g/mol. The van der Waals surface area contributed by atoms with E-state index < -0.39 is 12.1 Å². The summed E-state index contributed by atoms with van der Waals surface area (Å²) in [5, 5.41) is 3.39. The molecular formula is C11H18F3N. The van der Waals surface area contributed by atoms with E-state index in [1.54, 1.807) is 0 Å². The zero-order valence-electron chi connectivity index (χ0n) is 8.82. The maximum Gasteiger partial charge on any atom is 0.391 e. The van der Waals surface area contributed by atoms with E-state index in [2.05, 4.69) is 5.32 Å². The van der Waals surface area contributed by atoms with Crippen molar-refractivity contribution in [3.8, 4) is 0 Å². The van der Waals surface area contributed by atoms with Crippen LogP contribution in [0.15, 0.2) is 0 Å². The first-order valence-corrected chi connectivity index (χ1v) is 5.86. The highest BCUT2D eigenvalue weighted by Crippen LogP contribution is 2.37. The van der Waals surface area contributed by atoms with E-state index in [1.165, 1.54) is 12.8 Å². The first kappa shape index (κ1) is 11.2. The summed E-state index contributed by atoms with van der Waals surface area (Å²) in [4.78, 5) is 0. The largest absolute Gasteiger partial charge is 0.391 e. The summed E-state index contributed by atoms with van der Waals surface area (Å²) < 4.78 is 37.1. The zero-order valence-corrected chi connectivity index (χ0v) is 8.82. The Balaban J connectivity index is 1.67. The van der Waals surface area contributed by atoms with Crippen molar-refractivity contribution < 1.29 is 13.2 Å². The van der Waals surface area contributed by atoms with Crippen LogP contribution in [0.3, 0.4) is 0 Å². The molecule has 0 aliphatic heterocycles. The van der Waals surface area contributed by atoms with E-state index in [1.807, 2.05) is 0 Å². The van der Waals surface area contributed by atoms with Gasteiger partial charge in [-0.3, -0.25) is 0 Å². The number of hydrogen-bond acceptors (Lipinski definition) is 1. The molecule has 2 aliphatic carbocycles. The lowest BCUT2D eigenvalue weighted by molar-refractivity contribution is -0.182. The van der Waals surface area contributed by atoms with Gasteiger partial charge in [0.2, 0.25) is 0 Å². The minimum Gasteiger partial charge on any atom is -0.314 e. The molecule has 2 aliphatic rings. The molecule has 0 unspecified atom stereocenters. The van der Waals surface area contributed by atoms with E-state index in [4.69, 9.17) is 0 Å². The van der Waals surface area contributed by atoms with Crippen molar-refractivity contribution in [3.05, 3.63) is 0 Å². The third-order valence-electron chi connectivity index (χ3n) is 3.58. The minimum absolute atomic E-state index is 0.311. The van der Waals surface area contributed by atoms with Gasteiger partial charge in [-0.05, 0) is 51.0 Å². The van der Waals surface area contributed by atoms with E-state index >= 15 is 0 Å². The molecule has 0 heterocycles. The van der Waals surface area contributed by atoms with Gasteiger partial charge in [0.1, 0.15) is 0 Å². The summed E-state index contributed by atoms with van der Waals surface area (Å²) in [6.07, 6.45) is 0.628. The smallest absolute Gasteiger partial charge is 0.314 e. The molecule has 0 atom stereocenters. The van der Waals surface area contributed by atoms with E-state index in [0.29, 0.717) is 31.7 Å². The quantitative estimate of drug-likeness (QED) is 0.772. The first-order chi connectivity index (χ1) is 7.05. The van der Waals surface area contributed by atoms with Crippen molar-refractivity contribution in [2.45, 2.75) is 50.7 Å². The molecular weight excluding hydrogens is 203 g/mol. The summed E-state index contributed by atoms with van der Waals surface area (Å²) in [6, 6.07) is 0.337. The lowest BCUT2D eigenvalue weighted by atomic mass is 9.85. The molecule has 2 rings (SSSR count). The maximum atomic E-state index is 12.4. The predicted molar refractivity (Wildman–Crippen MR) is 52.5 cm³/mol. The summed E-state index contributed by atoms with van der Waals surface area (Å²) in [7, 11) is 0. The van der Waals surface area contributed by atoms with Crippen LogP contribution in [0.4, 0.5) is 13.2 Å². The Morgan fingerprint density at radius 1 is 0.933 bits per heavy atom. The Hall–Kier alpha value is -0.250. The standard InChI is InChI=1S/C11H18F3N/c12-11(13,14)9-3-5-10(6-4-9)15-7-8-1-2-8/h8-10,15H,1-7H2. The van der Waals surface area contributed by atoms with Gasteiger partial charge in [-0.1, -0.05) is 0 Å². The fraction of sp³-hybridized carbons (Fsp3) is 1.00. The Morgan fingerprint density at radius 3 is 2.00 bits per heavy atom. The molecule has 0 radical (unpaired) electrons. The Kier molecular flexibility index (Phi) is 3.24. The molecule has 0 spiro atoms. The average Bonchev–Trinajstić information content (AvgIpc) is 2.97. The van der Waals surface area contributed by atoms with Crippen LogP contribution in [0.2, 0.25) is 0 Å². The highest BCUT2D eigenvalue weighted by molar-refractivity contribution is 4.83. The zero-order chi connectivity index (χ0) is 10.9. The number of hydrogen-bond donors (Lipinski definition) is 1. The van der Waals surface area contributed by atoms with Gasteiger partial charge in [0.15, 0.2) is 0 Å². The Bertz CT molecular complexity index is 202. The van der Waals surface area contributed by atoms with E-state index in [9.17, 15) is 13.2 Å². The fourth-order valence-electron chi connectivity index (χ4n) is 2.28. The number of halogens is 3. The van der Waals surface area contributed by atoms with Gasteiger partial charge >= 0.3 is 6.18 Å². The second-order valence-electron chi connectivity index (χ2n) is 4.94. The summed E-state index contributed by atoms with van der Waals surface area (Å²) in [5.41, 5.74) is 0. The van der Waals surface area contributed by atoms with Gasteiger partial charge in [-0.2, -0.15) is 13.2 Å². The van der Waals surface area contributed by atoms with Crippen molar-refractivity contribution in [1.82, 2.24) is 5.32 Å². The van der Waals surface area contributed by atoms with Crippen LogP contribution in [0, 0.1) is 11.8 Å². The first-order valence-electron chi connectivity index (χ1n) is 5.86. The molecule has 0 saturated heterocycles. The topological polar surface area (TPSA) is 12.0 Å². The molecule has 0 bridgehead atoms. The monoisotopic (exact) mass is 221 g/mol. The lowest BCUT2D eigenvalue weighted by Gasteiger charge is -2.30. The van der Waals surface area contributed by atoms with Crippen molar-refractivity contribution in [1.29, 1.82) is 0 Å². The highest BCUT2D eigenvalue weighted by atomic mass is 19.4. The molecule has 4 heteroatoms. The van der Waals surface area contributed by atoms with E-state index in [0.717, 1.165) is 12.5 Å². The molecule has 2 saturated carbocycles. The Morgan fingerprint density at radius 2 is 1.53 bits per heavy atom. The van der Waals surface area contributed by atoms with Crippen LogP contribution in [0.25, 0.3) is 0 Å². The van der Waals surface area contributed by atoms with Gasteiger partial charge in [-0.25, -0.2) is 0 Å². The number of nitrogens with one attached hydrogen (secondary N) is 1. The molecule has 0 aromatic rings. The maximum absolute atomic E-state index is 12.4. The lowest BCUT2D eigenvalue weighted by Crippen LogP contribution is -2.37. The van der Waals surface area contributed by atoms with Crippen molar-refractivity contribution in [3.63, 3.8) is 0 Å². The third kappa shape index (κ3) is 3.37. The van der Waals surface area contributed by atoms with Crippen LogP contribution in [-0.2, 0) is 0 Å². The van der Waals surface area contributed by atoms with Gasteiger partial charge in [-0.15, -0.1) is 0 Å². The summed E-state index contributed by atoms with van der Waals surface area (Å²) in [6.45, 7) is 1.02. The predicted octanol–water partition coefficient (Wildman–Crippen LogP) is 3.11. The summed E-state index contributed by atoms with van der Waals surface area (Å²) >= 11 is 0. The molecule has 2 fully saturated rings. The Labute approximate surface area is 88.4 Å². The second-order valence-corrected chi connectivity index (χ2v) is 4.94. The molecule has 0 aromatic heterocycles. The van der Waals surface area contributed by atoms with Crippen LogP contribution >= 0.6 is 0 Å². The van der Waals surface area contributed by atoms with Crippen LogP contribution in [0.5, 0.6) is 0 Å². The van der Waals surface area contributed by atoms with Gasteiger partial charge in [0.25, 0.3) is 0 Å². The summed E-state index contributed by atoms with van der Waals surface area (Å²) in [5.74, 6) is -0.234. The van der Waals surface area contributed by atoms with Crippen LogP contribution in [0.1, 0.15) is 38.5 Å². The third-order valence-corrected chi connectivity index (χ3v) is 3.58. The molecule has 88 valence electrons. The van der Waals surface area contributed by atoms with Gasteiger partial charge in [0, 0.05) is 6.04 Å². The number of rotatable bonds is 3. The van der Waals surface area contributed by atoms with Crippen molar-refractivity contribution >= 4 is 0 Å². The minimum atomic E-state index is -3.97. The van der Waals surface area contributed by atoms with E-state index in [-0.39, 0.29) is 0 Å². The molecule has 1 N–H and O–H groups in total. The van der Waals surface area contributed by atoms with Crippen LogP contribution in [-0.4, -0.2) is 18.8 Å². The SMILES string of the molecule is FC(F)(F)C1CCC(NCC2CC2)CC1. The number of alkyl halides is 3. The van der Waals surface area contributed by atoms with Gasteiger partial charge < -0.3 is 5.32 Å². The normalized spacial score (nSPS) is 33.0. The highest BCUT2D eigenvalue weighted by Gasteiger charge is 2.41. The van der Waals surface area contributed by atoms with Crippen LogP contribution < -0.4 is 5.32 Å². The fourth-order valence-corrected chi connectivity index (χ4v) is 2.28. The van der Waals surface area contributed by atoms with Crippen molar-refractivity contribution in [2.24, 2.45) is 11.8 Å². The second kappa shape index (κ2) is 4.32. The van der Waals surface area contributed by atoms with Crippen molar-refractivity contribution in [2.75, 3.05) is 6.54 Å². The molecule has 0 aromatic carbocycles. The molecule has 15 heavy (non-hydrogen) atoms. The molecule has 1 nitrogen and oxygen atoms in total. The molecule has 0 amide bonds.